The highest BCUT2D eigenvalue weighted by Gasteiger charge is 2.13. The number of halogens is 1. The number of nitrogens with zero attached hydrogens (tertiary/aromatic N) is 1. The Hall–Kier alpha value is -2.45. The fourth-order valence-corrected chi connectivity index (χ4v) is 2.16. The number of nitrogens with one attached hydrogen (secondary N) is 1. The molecule has 0 aliphatic carbocycles. The molecule has 0 saturated carbocycles. The second-order valence-corrected chi connectivity index (χ2v) is 7.21. The summed E-state index contributed by atoms with van der Waals surface area (Å²) in [6.07, 6.45) is 3.72. The van der Waals surface area contributed by atoms with E-state index in [0.29, 0.717) is 11.5 Å². The average molecular weight is 352 g/mol. The van der Waals surface area contributed by atoms with Crippen LogP contribution in [0.3, 0.4) is 0 Å². The molecule has 24 heavy (non-hydrogen) atoms. The zero-order chi connectivity index (χ0) is 17.7. The number of benzene rings is 1. The lowest BCUT2D eigenvalue weighted by Crippen LogP contribution is -2.24. The van der Waals surface area contributed by atoms with Gasteiger partial charge in [0.05, 0.1) is 18.5 Å². The number of hydrogen-bond donors (Lipinski definition) is 1. The van der Waals surface area contributed by atoms with Gasteiger partial charge in [0, 0.05) is 13.1 Å². The monoisotopic (exact) mass is 352 g/mol. The van der Waals surface area contributed by atoms with Crippen LogP contribution in [0.25, 0.3) is 6.08 Å². The molecule has 0 aliphatic heterocycles. The Morgan fingerprint density at radius 2 is 2.00 bits per heavy atom. The molecule has 2 rings (SSSR count). The summed E-state index contributed by atoms with van der Waals surface area (Å²) in [5.41, 5.74) is 0.0852. The molecule has 0 atom stereocenters. The number of carbonyl (C=O) groups excluding carboxylic acids is 1. The Morgan fingerprint density at radius 3 is 2.67 bits per heavy atom. The zero-order valence-electron chi connectivity index (χ0n) is 13.2. The van der Waals surface area contributed by atoms with Crippen molar-refractivity contribution in [3.63, 3.8) is 0 Å². The van der Waals surface area contributed by atoms with Crippen LogP contribution in [-0.2, 0) is 21.4 Å². The van der Waals surface area contributed by atoms with Gasteiger partial charge in [-0.25, -0.2) is 12.8 Å². The van der Waals surface area contributed by atoms with Crippen LogP contribution >= 0.6 is 0 Å². The molecular weight excluding hydrogens is 335 g/mol. The summed E-state index contributed by atoms with van der Waals surface area (Å²) in [5, 5.41) is 2.41. The summed E-state index contributed by atoms with van der Waals surface area (Å²) in [4.78, 5) is 11.8. The molecule has 6 nitrogen and oxygen atoms in total. The maximum atomic E-state index is 13.4. The number of amides is 1. The number of rotatable bonds is 6. The fourth-order valence-electron chi connectivity index (χ4n) is 1.80. The lowest BCUT2D eigenvalue weighted by atomic mass is 10.3. The van der Waals surface area contributed by atoms with E-state index in [1.807, 2.05) is 0 Å². The van der Waals surface area contributed by atoms with Crippen molar-refractivity contribution in [2.24, 2.45) is 0 Å². The number of anilines is 1. The van der Waals surface area contributed by atoms with E-state index in [0.717, 1.165) is 10.6 Å². The molecule has 1 aromatic heterocycles. The van der Waals surface area contributed by atoms with Gasteiger partial charge in [0.15, 0.2) is 0 Å². The molecule has 0 bridgehead atoms. The normalized spacial score (nSPS) is 12.0. The minimum absolute atomic E-state index is 0.0852. The quantitative estimate of drug-likeness (QED) is 0.810. The molecule has 0 radical (unpaired) electrons. The molecule has 128 valence electrons. The van der Waals surface area contributed by atoms with Crippen LogP contribution in [0.5, 0.6) is 0 Å². The summed E-state index contributed by atoms with van der Waals surface area (Å²) < 4.78 is 42.7. The first-order valence-electron chi connectivity index (χ1n) is 6.99. The first kappa shape index (κ1) is 17.9. The second-order valence-electron chi connectivity index (χ2n) is 5.13. The van der Waals surface area contributed by atoms with Crippen LogP contribution in [0, 0.1) is 5.82 Å². The van der Waals surface area contributed by atoms with Gasteiger partial charge in [-0.1, -0.05) is 12.1 Å². The highest BCUT2D eigenvalue weighted by molar-refractivity contribution is 7.88. The van der Waals surface area contributed by atoms with Crippen molar-refractivity contribution in [3.8, 4) is 0 Å². The van der Waals surface area contributed by atoms with Crippen molar-refractivity contribution in [1.82, 2.24) is 4.31 Å². The van der Waals surface area contributed by atoms with Crippen LogP contribution in [0.1, 0.15) is 11.5 Å². The number of furan rings is 1. The standard InChI is InChI=1S/C16H17FN2O4S/c1-19(24(2,21)22)11-13-8-7-12(23-13)9-10-16(20)18-15-6-4-3-5-14(15)17/h3-10H,11H2,1-2H3,(H,18,20)/b10-9+. The molecular formula is C16H17FN2O4S. The lowest BCUT2D eigenvalue weighted by molar-refractivity contribution is -0.111. The van der Waals surface area contributed by atoms with Gasteiger partial charge in [0.25, 0.3) is 0 Å². The zero-order valence-corrected chi connectivity index (χ0v) is 14.0. The lowest BCUT2D eigenvalue weighted by Gasteiger charge is -2.11. The Morgan fingerprint density at radius 1 is 1.29 bits per heavy atom. The highest BCUT2D eigenvalue weighted by atomic mass is 32.2. The predicted octanol–water partition coefficient (Wildman–Crippen LogP) is 2.46. The van der Waals surface area contributed by atoms with E-state index in [1.165, 1.54) is 37.4 Å². The number of hydrogen-bond acceptors (Lipinski definition) is 4. The molecule has 1 amide bonds. The third kappa shape index (κ3) is 5.04. The Balaban J connectivity index is 1.97. The minimum Gasteiger partial charge on any atom is -0.460 e. The SMILES string of the molecule is CN(Cc1ccc(/C=C/C(=O)Nc2ccccc2F)o1)S(C)(=O)=O. The molecule has 1 aromatic carbocycles. The smallest absolute Gasteiger partial charge is 0.248 e. The van der Waals surface area contributed by atoms with Gasteiger partial charge >= 0.3 is 0 Å². The summed E-state index contributed by atoms with van der Waals surface area (Å²) in [7, 11) is -1.86. The average Bonchev–Trinajstić information content (AvgIpc) is 2.94. The maximum absolute atomic E-state index is 13.4. The van der Waals surface area contributed by atoms with Crippen molar-refractivity contribution in [3.05, 3.63) is 59.8 Å². The second kappa shape index (κ2) is 7.41. The van der Waals surface area contributed by atoms with Crippen molar-refractivity contribution >= 4 is 27.7 Å². The van der Waals surface area contributed by atoms with E-state index in [2.05, 4.69) is 5.32 Å². The molecule has 0 unspecified atom stereocenters. The van der Waals surface area contributed by atoms with Crippen LogP contribution in [-0.4, -0.2) is 31.9 Å². The van der Waals surface area contributed by atoms with Crippen molar-refractivity contribution in [2.45, 2.75) is 6.54 Å². The summed E-state index contributed by atoms with van der Waals surface area (Å²) in [6, 6.07) is 9.07. The fraction of sp³-hybridized carbons (Fsp3) is 0.188. The first-order valence-corrected chi connectivity index (χ1v) is 8.84. The van der Waals surface area contributed by atoms with E-state index in [1.54, 1.807) is 18.2 Å². The van der Waals surface area contributed by atoms with Gasteiger partial charge in [-0.3, -0.25) is 4.79 Å². The van der Waals surface area contributed by atoms with Gasteiger partial charge in [-0.15, -0.1) is 0 Å². The van der Waals surface area contributed by atoms with Gasteiger partial charge in [-0.05, 0) is 30.3 Å². The van der Waals surface area contributed by atoms with Gasteiger partial charge in [0.2, 0.25) is 15.9 Å². The third-order valence-electron chi connectivity index (χ3n) is 3.16. The minimum atomic E-state index is -3.30. The Labute approximate surface area is 139 Å². The maximum Gasteiger partial charge on any atom is 0.248 e. The van der Waals surface area contributed by atoms with E-state index in [-0.39, 0.29) is 12.2 Å². The summed E-state index contributed by atoms with van der Waals surface area (Å²) in [5.74, 6) is -0.206. The van der Waals surface area contributed by atoms with Crippen molar-refractivity contribution < 1.29 is 22.0 Å². The highest BCUT2D eigenvalue weighted by Crippen LogP contribution is 2.14. The number of sulfonamides is 1. The van der Waals surface area contributed by atoms with Crippen molar-refractivity contribution in [2.75, 3.05) is 18.6 Å². The topological polar surface area (TPSA) is 79.6 Å². The molecule has 0 spiro atoms. The van der Waals surface area contributed by atoms with Gasteiger partial charge in [-0.2, -0.15) is 4.31 Å². The summed E-state index contributed by atoms with van der Waals surface area (Å²) >= 11 is 0. The van der Waals surface area contributed by atoms with Crippen LogP contribution < -0.4 is 5.32 Å². The van der Waals surface area contributed by atoms with E-state index >= 15 is 0 Å². The first-order chi connectivity index (χ1) is 11.3. The van der Waals surface area contributed by atoms with Crippen LogP contribution in [0.4, 0.5) is 10.1 Å². The van der Waals surface area contributed by atoms with Crippen LogP contribution in [0.15, 0.2) is 46.9 Å². The predicted molar refractivity (Wildman–Crippen MR) is 89.1 cm³/mol. The molecule has 0 fully saturated rings. The third-order valence-corrected chi connectivity index (χ3v) is 4.42. The molecule has 0 aliphatic rings. The Bertz CT molecular complexity index is 858. The Kier molecular flexibility index (Phi) is 5.53. The molecule has 1 heterocycles. The van der Waals surface area contributed by atoms with E-state index in [9.17, 15) is 17.6 Å². The molecule has 2 aromatic rings. The molecule has 8 heteroatoms. The molecule has 0 saturated heterocycles. The largest absolute Gasteiger partial charge is 0.460 e. The summed E-state index contributed by atoms with van der Waals surface area (Å²) in [6.45, 7) is 0.0914. The molecule has 1 N–H and O–H groups in total. The van der Waals surface area contributed by atoms with Gasteiger partial charge < -0.3 is 9.73 Å². The van der Waals surface area contributed by atoms with E-state index < -0.39 is 21.7 Å². The number of carbonyl (C=O) groups is 1. The van der Waals surface area contributed by atoms with E-state index in [4.69, 9.17) is 4.42 Å². The van der Waals surface area contributed by atoms with Crippen molar-refractivity contribution in [1.29, 1.82) is 0 Å². The van der Waals surface area contributed by atoms with Gasteiger partial charge in [0.1, 0.15) is 17.3 Å². The number of para-hydroxylation sites is 1. The van der Waals surface area contributed by atoms with Crippen LogP contribution in [0.2, 0.25) is 0 Å².